The van der Waals surface area contributed by atoms with Crippen molar-refractivity contribution in [2.24, 2.45) is 17.1 Å². The van der Waals surface area contributed by atoms with Crippen LogP contribution >= 0.6 is 0 Å². The quantitative estimate of drug-likeness (QED) is 0.609. The van der Waals surface area contributed by atoms with E-state index >= 15 is 0 Å². The summed E-state index contributed by atoms with van der Waals surface area (Å²) in [7, 11) is 0. The maximum absolute atomic E-state index is 11.3. The molecule has 0 atom stereocenters. The van der Waals surface area contributed by atoms with Crippen LogP contribution in [0, 0.1) is 11.3 Å². The van der Waals surface area contributed by atoms with Crippen molar-refractivity contribution in [3.63, 3.8) is 0 Å². The monoisotopic (exact) mass is 427 g/mol. The standard InChI is InChI=1S/C27H45N3O/c1-5-6-15-29-16-18-30(19-17-29)25-20-21(8-14-26(28)31)7-13-24(25)22-9-11-23(12-10-22)27(2,3)4/h7,13,20,22-23H,5-6,8-12,14-19H2,1-4H3,(H2,28,31). The molecule has 1 amide bonds. The van der Waals surface area contributed by atoms with Crippen molar-refractivity contribution in [1.82, 2.24) is 4.90 Å². The van der Waals surface area contributed by atoms with Crippen molar-refractivity contribution < 1.29 is 4.79 Å². The molecule has 1 saturated heterocycles. The van der Waals surface area contributed by atoms with Gasteiger partial charge in [-0.3, -0.25) is 9.69 Å². The molecule has 2 N–H and O–H groups in total. The molecule has 174 valence electrons. The summed E-state index contributed by atoms with van der Waals surface area (Å²) in [5.41, 5.74) is 10.0. The van der Waals surface area contributed by atoms with Crippen molar-refractivity contribution in [2.45, 2.75) is 85.0 Å². The number of aryl methyl sites for hydroxylation is 1. The molecule has 1 aliphatic heterocycles. The Bertz CT molecular complexity index is 708. The summed E-state index contributed by atoms with van der Waals surface area (Å²) >= 11 is 0. The third-order valence-electron chi connectivity index (χ3n) is 7.69. The number of rotatable bonds is 8. The first kappa shape index (κ1) is 24.1. The van der Waals surface area contributed by atoms with E-state index in [1.54, 1.807) is 0 Å². The number of amides is 1. The smallest absolute Gasteiger partial charge is 0.217 e. The average molecular weight is 428 g/mol. The van der Waals surface area contributed by atoms with Gasteiger partial charge >= 0.3 is 0 Å². The number of unbranched alkanes of at least 4 members (excludes halogenated alkanes) is 1. The zero-order valence-electron chi connectivity index (χ0n) is 20.5. The normalized spacial score (nSPS) is 23.2. The predicted octanol–water partition coefficient (Wildman–Crippen LogP) is 5.35. The topological polar surface area (TPSA) is 49.6 Å². The summed E-state index contributed by atoms with van der Waals surface area (Å²) in [4.78, 5) is 16.5. The Hall–Kier alpha value is -1.55. The highest BCUT2D eigenvalue weighted by Crippen LogP contribution is 2.45. The lowest BCUT2D eigenvalue weighted by molar-refractivity contribution is -0.117. The highest BCUT2D eigenvalue weighted by atomic mass is 16.1. The number of benzene rings is 1. The number of nitrogens with two attached hydrogens (primary N) is 1. The SMILES string of the molecule is CCCCN1CCN(c2cc(CCC(N)=O)ccc2C2CCC(C(C)(C)C)CC2)CC1. The van der Waals surface area contributed by atoms with Gasteiger partial charge < -0.3 is 10.6 Å². The van der Waals surface area contributed by atoms with Gasteiger partial charge in [0.05, 0.1) is 0 Å². The maximum Gasteiger partial charge on any atom is 0.217 e. The van der Waals surface area contributed by atoms with Crippen LogP contribution in [0.25, 0.3) is 0 Å². The fourth-order valence-corrected chi connectivity index (χ4v) is 5.50. The highest BCUT2D eigenvalue weighted by molar-refractivity contribution is 5.74. The van der Waals surface area contributed by atoms with Gasteiger partial charge in [-0.05, 0) is 79.5 Å². The summed E-state index contributed by atoms with van der Waals surface area (Å²) in [6.45, 7) is 15.2. The minimum atomic E-state index is -0.212. The van der Waals surface area contributed by atoms with Crippen molar-refractivity contribution in [3.05, 3.63) is 29.3 Å². The van der Waals surface area contributed by atoms with Crippen LogP contribution in [0.15, 0.2) is 18.2 Å². The summed E-state index contributed by atoms with van der Waals surface area (Å²) in [6.07, 6.45) is 9.01. The van der Waals surface area contributed by atoms with E-state index in [2.05, 4.69) is 55.7 Å². The zero-order chi connectivity index (χ0) is 22.4. The second-order valence-electron chi connectivity index (χ2n) is 11.0. The first-order valence-corrected chi connectivity index (χ1v) is 12.7. The van der Waals surface area contributed by atoms with E-state index in [1.807, 2.05) is 0 Å². The number of piperazine rings is 1. The molecule has 1 saturated carbocycles. The molecule has 0 aromatic heterocycles. The molecular formula is C27H45N3O. The fourth-order valence-electron chi connectivity index (χ4n) is 5.50. The molecule has 31 heavy (non-hydrogen) atoms. The van der Waals surface area contributed by atoms with E-state index < -0.39 is 0 Å². The molecule has 2 aliphatic rings. The molecule has 0 bridgehead atoms. The largest absolute Gasteiger partial charge is 0.370 e. The van der Waals surface area contributed by atoms with Gasteiger partial charge in [-0.1, -0.05) is 46.2 Å². The van der Waals surface area contributed by atoms with Crippen LogP contribution in [0.4, 0.5) is 5.69 Å². The molecule has 4 heteroatoms. The van der Waals surface area contributed by atoms with Crippen molar-refractivity contribution in [1.29, 1.82) is 0 Å². The van der Waals surface area contributed by atoms with Crippen LogP contribution in [0.2, 0.25) is 0 Å². The lowest BCUT2D eigenvalue weighted by Crippen LogP contribution is -2.47. The van der Waals surface area contributed by atoms with E-state index in [4.69, 9.17) is 5.73 Å². The predicted molar refractivity (Wildman–Crippen MR) is 132 cm³/mol. The number of primary amides is 1. The van der Waals surface area contributed by atoms with Gasteiger partial charge in [-0.15, -0.1) is 0 Å². The maximum atomic E-state index is 11.3. The molecule has 1 heterocycles. The molecule has 2 fully saturated rings. The lowest BCUT2D eigenvalue weighted by Gasteiger charge is -2.40. The minimum absolute atomic E-state index is 0.212. The second kappa shape index (κ2) is 10.8. The first-order valence-electron chi connectivity index (χ1n) is 12.7. The van der Waals surface area contributed by atoms with E-state index in [-0.39, 0.29) is 5.91 Å². The Morgan fingerprint density at radius 3 is 2.32 bits per heavy atom. The first-order chi connectivity index (χ1) is 14.8. The minimum Gasteiger partial charge on any atom is -0.370 e. The molecule has 1 aromatic rings. The van der Waals surface area contributed by atoms with Crippen LogP contribution in [0.5, 0.6) is 0 Å². The second-order valence-corrected chi connectivity index (χ2v) is 11.0. The Morgan fingerprint density at radius 1 is 1.06 bits per heavy atom. The number of hydrogen-bond donors (Lipinski definition) is 1. The Labute approximate surface area is 190 Å². The molecule has 4 nitrogen and oxygen atoms in total. The van der Waals surface area contributed by atoms with Crippen molar-refractivity contribution in [2.75, 3.05) is 37.6 Å². The van der Waals surface area contributed by atoms with Crippen LogP contribution in [0.1, 0.15) is 89.7 Å². The van der Waals surface area contributed by atoms with Gasteiger partial charge in [0.2, 0.25) is 5.91 Å². The summed E-state index contributed by atoms with van der Waals surface area (Å²) in [5, 5.41) is 0. The fraction of sp³-hybridized carbons (Fsp3) is 0.741. The molecule has 0 spiro atoms. The summed E-state index contributed by atoms with van der Waals surface area (Å²) < 4.78 is 0. The van der Waals surface area contributed by atoms with Gasteiger partial charge in [0.25, 0.3) is 0 Å². The van der Waals surface area contributed by atoms with Gasteiger partial charge in [0, 0.05) is 38.3 Å². The Morgan fingerprint density at radius 2 is 1.74 bits per heavy atom. The average Bonchev–Trinajstić information content (AvgIpc) is 2.76. The van der Waals surface area contributed by atoms with Crippen LogP contribution < -0.4 is 10.6 Å². The van der Waals surface area contributed by atoms with Crippen molar-refractivity contribution >= 4 is 11.6 Å². The molecule has 3 rings (SSSR count). The van der Waals surface area contributed by atoms with Gasteiger partial charge in [-0.25, -0.2) is 0 Å². The number of carbonyl (C=O) groups excluding carboxylic acids is 1. The zero-order valence-corrected chi connectivity index (χ0v) is 20.5. The molecule has 1 aliphatic carbocycles. The molecule has 0 radical (unpaired) electrons. The van der Waals surface area contributed by atoms with Crippen molar-refractivity contribution in [3.8, 4) is 0 Å². The molecule has 0 unspecified atom stereocenters. The lowest BCUT2D eigenvalue weighted by atomic mass is 9.68. The Kier molecular flexibility index (Phi) is 8.43. The van der Waals surface area contributed by atoms with Gasteiger partial charge in [0.15, 0.2) is 0 Å². The van der Waals surface area contributed by atoms with Gasteiger partial charge in [0.1, 0.15) is 0 Å². The van der Waals surface area contributed by atoms with Crippen LogP contribution in [-0.4, -0.2) is 43.5 Å². The van der Waals surface area contributed by atoms with Gasteiger partial charge in [-0.2, -0.15) is 0 Å². The number of nitrogens with zero attached hydrogens (tertiary/aromatic N) is 2. The third-order valence-corrected chi connectivity index (χ3v) is 7.69. The number of hydrogen-bond acceptors (Lipinski definition) is 3. The van der Waals surface area contributed by atoms with E-state index in [1.165, 1.54) is 61.9 Å². The third kappa shape index (κ3) is 6.71. The molecule has 1 aromatic carbocycles. The van der Waals surface area contributed by atoms with E-state index in [0.29, 0.717) is 17.8 Å². The highest BCUT2D eigenvalue weighted by Gasteiger charge is 2.32. The number of anilines is 1. The number of carbonyl (C=O) groups is 1. The summed E-state index contributed by atoms with van der Waals surface area (Å²) in [6, 6.07) is 6.99. The summed E-state index contributed by atoms with van der Waals surface area (Å²) in [5.74, 6) is 1.29. The molecular weight excluding hydrogens is 382 g/mol. The van der Waals surface area contributed by atoms with Crippen LogP contribution in [0.3, 0.4) is 0 Å². The van der Waals surface area contributed by atoms with Crippen LogP contribution in [-0.2, 0) is 11.2 Å². The van der Waals surface area contributed by atoms with E-state index in [0.717, 1.165) is 38.5 Å². The van der Waals surface area contributed by atoms with E-state index in [9.17, 15) is 4.79 Å². The Balaban J connectivity index is 1.75.